The Morgan fingerprint density at radius 2 is 1.95 bits per heavy atom. The van der Waals surface area contributed by atoms with Gasteiger partial charge in [0.05, 0.1) is 19.8 Å². The van der Waals surface area contributed by atoms with E-state index in [2.05, 4.69) is 4.74 Å². The molecule has 1 aromatic heterocycles. The smallest absolute Gasteiger partial charge is 0.416 e. The number of carbonyl (C=O) groups is 1. The molecule has 0 N–H and O–H groups in total. The predicted octanol–water partition coefficient (Wildman–Crippen LogP) is 3.72. The van der Waals surface area contributed by atoms with Gasteiger partial charge in [0.25, 0.3) is 0 Å². The van der Waals surface area contributed by atoms with Crippen LogP contribution in [0.25, 0.3) is 10.1 Å². The molecule has 2 rings (SSSR count). The lowest BCUT2D eigenvalue weighted by Crippen LogP contribution is -2.03. The Labute approximate surface area is 110 Å². The lowest BCUT2D eigenvalue weighted by molar-refractivity contribution is -0.137. The largest absolute Gasteiger partial charge is 0.494 e. The van der Waals surface area contributed by atoms with Crippen molar-refractivity contribution in [1.82, 2.24) is 0 Å². The maximum absolute atomic E-state index is 12.6. The Bertz CT molecular complexity index is 631. The van der Waals surface area contributed by atoms with E-state index in [0.717, 1.165) is 23.5 Å². The monoisotopic (exact) mass is 290 g/mol. The minimum absolute atomic E-state index is 0.152. The zero-order valence-corrected chi connectivity index (χ0v) is 10.8. The number of halogens is 3. The minimum atomic E-state index is -4.42. The van der Waals surface area contributed by atoms with Gasteiger partial charge in [0.1, 0.15) is 0 Å². The summed E-state index contributed by atoms with van der Waals surface area (Å²) in [6.45, 7) is 0. The molecule has 0 aliphatic heterocycles. The van der Waals surface area contributed by atoms with E-state index in [0.29, 0.717) is 10.1 Å². The first kappa shape index (κ1) is 13.7. The molecule has 0 bridgehead atoms. The van der Waals surface area contributed by atoms with E-state index in [4.69, 9.17) is 4.74 Å². The molecule has 102 valence electrons. The average molecular weight is 290 g/mol. The highest BCUT2D eigenvalue weighted by Crippen LogP contribution is 2.41. The van der Waals surface area contributed by atoms with Gasteiger partial charge in [-0.3, -0.25) is 0 Å². The molecule has 1 heterocycles. The van der Waals surface area contributed by atoms with E-state index in [-0.39, 0.29) is 10.6 Å². The fourth-order valence-electron chi connectivity index (χ4n) is 1.68. The highest BCUT2D eigenvalue weighted by molar-refractivity contribution is 7.21. The van der Waals surface area contributed by atoms with Gasteiger partial charge in [-0.2, -0.15) is 13.2 Å². The summed E-state index contributed by atoms with van der Waals surface area (Å²) in [6, 6.07) is 3.24. The summed E-state index contributed by atoms with van der Waals surface area (Å²) in [5.74, 6) is -0.396. The Hall–Kier alpha value is -1.76. The van der Waals surface area contributed by atoms with Crippen molar-refractivity contribution in [1.29, 1.82) is 0 Å². The van der Waals surface area contributed by atoms with E-state index in [1.54, 1.807) is 0 Å². The van der Waals surface area contributed by atoms with Gasteiger partial charge in [0.15, 0.2) is 10.6 Å². The third-order valence-corrected chi connectivity index (χ3v) is 3.66. The molecule has 0 atom stereocenters. The van der Waals surface area contributed by atoms with Crippen LogP contribution >= 0.6 is 11.3 Å². The topological polar surface area (TPSA) is 35.5 Å². The second-order valence-electron chi connectivity index (χ2n) is 3.66. The molecule has 3 nitrogen and oxygen atoms in total. The van der Waals surface area contributed by atoms with Crippen molar-refractivity contribution in [3.8, 4) is 5.75 Å². The summed E-state index contributed by atoms with van der Waals surface area (Å²) >= 11 is 0.912. The van der Waals surface area contributed by atoms with Crippen LogP contribution in [0.4, 0.5) is 13.2 Å². The lowest BCUT2D eigenvalue weighted by atomic mass is 10.1. The second kappa shape index (κ2) is 4.73. The summed E-state index contributed by atoms with van der Waals surface area (Å²) in [7, 11) is 2.55. The van der Waals surface area contributed by atoms with Gasteiger partial charge in [0, 0.05) is 10.1 Å². The van der Waals surface area contributed by atoms with Crippen molar-refractivity contribution in [2.75, 3.05) is 14.2 Å². The number of ether oxygens (including phenoxy) is 2. The average Bonchev–Trinajstić information content (AvgIpc) is 2.74. The molecule has 0 spiro atoms. The number of hydrogen-bond acceptors (Lipinski definition) is 4. The van der Waals surface area contributed by atoms with Crippen LogP contribution in [0.5, 0.6) is 5.75 Å². The van der Waals surface area contributed by atoms with Crippen molar-refractivity contribution in [3.05, 3.63) is 28.6 Å². The standard InChI is InChI=1S/C12H9F3O3S/c1-17-9-7-4-3-6(12(13,14)15)5-8(7)19-10(9)11(16)18-2/h3-5H,1-2H3. The van der Waals surface area contributed by atoms with Gasteiger partial charge in [-0.25, -0.2) is 4.79 Å². The number of hydrogen-bond donors (Lipinski definition) is 0. The number of carbonyl (C=O) groups excluding carboxylic acids is 1. The van der Waals surface area contributed by atoms with Crippen LogP contribution in [-0.4, -0.2) is 20.2 Å². The van der Waals surface area contributed by atoms with E-state index in [1.807, 2.05) is 0 Å². The third-order valence-electron chi connectivity index (χ3n) is 2.55. The van der Waals surface area contributed by atoms with Crippen LogP contribution in [0.2, 0.25) is 0 Å². The quantitative estimate of drug-likeness (QED) is 0.791. The highest BCUT2D eigenvalue weighted by atomic mass is 32.1. The number of esters is 1. The molecule has 0 amide bonds. The van der Waals surface area contributed by atoms with E-state index in [1.165, 1.54) is 20.3 Å². The van der Waals surface area contributed by atoms with Gasteiger partial charge in [-0.1, -0.05) is 0 Å². The predicted molar refractivity (Wildman–Crippen MR) is 64.7 cm³/mol. The van der Waals surface area contributed by atoms with Crippen LogP contribution in [-0.2, 0) is 10.9 Å². The SMILES string of the molecule is COC(=O)c1sc2cc(C(F)(F)F)ccc2c1OC. The third kappa shape index (κ3) is 2.37. The molecule has 0 saturated heterocycles. The van der Waals surface area contributed by atoms with E-state index in [9.17, 15) is 18.0 Å². The summed E-state index contributed by atoms with van der Waals surface area (Å²) in [6.07, 6.45) is -4.42. The molecular formula is C12H9F3O3S. The summed E-state index contributed by atoms with van der Waals surface area (Å²) in [5.41, 5.74) is -0.764. The normalized spacial score (nSPS) is 11.6. The first-order valence-electron chi connectivity index (χ1n) is 5.14. The van der Waals surface area contributed by atoms with Gasteiger partial charge >= 0.3 is 12.1 Å². The molecule has 0 unspecified atom stereocenters. The first-order valence-corrected chi connectivity index (χ1v) is 5.96. The molecule has 0 aliphatic rings. The van der Waals surface area contributed by atoms with Crippen LogP contribution in [0.15, 0.2) is 18.2 Å². The van der Waals surface area contributed by atoms with Crippen molar-refractivity contribution < 1.29 is 27.4 Å². The van der Waals surface area contributed by atoms with Gasteiger partial charge in [-0.15, -0.1) is 11.3 Å². The zero-order valence-electron chi connectivity index (χ0n) is 10.00. The van der Waals surface area contributed by atoms with Crippen LogP contribution in [0.1, 0.15) is 15.2 Å². The fraction of sp³-hybridized carbons (Fsp3) is 0.250. The van der Waals surface area contributed by atoms with E-state index < -0.39 is 17.7 Å². The van der Waals surface area contributed by atoms with Gasteiger partial charge in [-0.05, 0) is 18.2 Å². The number of benzene rings is 1. The summed E-state index contributed by atoms with van der Waals surface area (Å²) < 4.78 is 47.8. The Morgan fingerprint density at radius 1 is 1.26 bits per heavy atom. The number of rotatable bonds is 2. The molecule has 19 heavy (non-hydrogen) atoms. The number of methoxy groups -OCH3 is 2. The zero-order chi connectivity index (χ0) is 14.2. The van der Waals surface area contributed by atoms with Crippen LogP contribution in [0, 0.1) is 0 Å². The second-order valence-corrected chi connectivity index (χ2v) is 4.72. The summed E-state index contributed by atoms with van der Waals surface area (Å²) in [4.78, 5) is 11.7. The Balaban J connectivity index is 2.66. The van der Waals surface area contributed by atoms with Crippen molar-refractivity contribution in [2.24, 2.45) is 0 Å². The minimum Gasteiger partial charge on any atom is -0.494 e. The molecule has 7 heteroatoms. The van der Waals surface area contributed by atoms with Crippen molar-refractivity contribution in [2.45, 2.75) is 6.18 Å². The molecule has 0 saturated carbocycles. The van der Waals surface area contributed by atoms with Crippen LogP contribution in [0.3, 0.4) is 0 Å². The molecule has 0 radical (unpaired) electrons. The molecular weight excluding hydrogens is 281 g/mol. The van der Waals surface area contributed by atoms with Crippen LogP contribution < -0.4 is 4.74 Å². The Kier molecular flexibility index (Phi) is 3.40. The first-order chi connectivity index (χ1) is 8.88. The van der Waals surface area contributed by atoms with Crippen molar-refractivity contribution in [3.63, 3.8) is 0 Å². The highest BCUT2D eigenvalue weighted by Gasteiger charge is 2.31. The van der Waals surface area contributed by atoms with E-state index >= 15 is 0 Å². The fourth-order valence-corrected chi connectivity index (χ4v) is 2.81. The lowest BCUT2D eigenvalue weighted by Gasteiger charge is -2.06. The molecule has 2 aromatic rings. The summed E-state index contributed by atoms with van der Waals surface area (Å²) in [5, 5.41) is 0.459. The van der Waals surface area contributed by atoms with Gasteiger partial charge < -0.3 is 9.47 Å². The molecule has 0 fully saturated rings. The van der Waals surface area contributed by atoms with Crippen molar-refractivity contribution >= 4 is 27.4 Å². The van der Waals surface area contributed by atoms with Gasteiger partial charge in [0.2, 0.25) is 0 Å². The molecule has 1 aromatic carbocycles. The maximum atomic E-state index is 12.6. The number of thiophene rings is 1. The maximum Gasteiger partial charge on any atom is 0.416 e. The number of fused-ring (bicyclic) bond motifs is 1. The number of alkyl halides is 3. The Morgan fingerprint density at radius 3 is 2.47 bits per heavy atom. The molecule has 0 aliphatic carbocycles.